The van der Waals surface area contributed by atoms with Crippen LogP contribution in [-0.4, -0.2) is 22.5 Å². The first-order valence-electron chi connectivity index (χ1n) is 5.27. The summed E-state index contributed by atoms with van der Waals surface area (Å²) in [7, 11) is 0. The van der Waals surface area contributed by atoms with Crippen molar-refractivity contribution in [2.75, 3.05) is 0 Å². The Bertz CT molecular complexity index is 495. The molecule has 0 spiro atoms. The van der Waals surface area contributed by atoms with Crippen LogP contribution in [0.5, 0.6) is 0 Å². The minimum atomic E-state index is -1.02. The van der Waals surface area contributed by atoms with Gasteiger partial charge >= 0.3 is 5.97 Å². The van der Waals surface area contributed by atoms with Gasteiger partial charge in [-0.2, -0.15) is 0 Å². The lowest BCUT2D eigenvalue weighted by Crippen LogP contribution is -2.43. The molecule has 1 aliphatic rings. The summed E-state index contributed by atoms with van der Waals surface area (Å²) in [5.74, 6) is -1.26. The molecule has 0 aromatic heterocycles. The van der Waals surface area contributed by atoms with Gasteiger partial charge in [0.05, 0.1) is 5.56 Å². The molecule has 0 heterocycles. The molecule has 0 bridgehead atoms. The van der Waals surface area contributed by atoms with Crippen LogP contribution in [0.3, 0.4) is 0 Å². The van der Waals surface area contributed by atoms with Crippen molar-refractivity contribution in [1.82, 2.24) is 5.32 Å². The summed E-state index contributed by atoms with van der Waals surface area (Å²) in [6, 6.07) is 5.43. The Kier molecular flexibility index (Phi) is 3.11. The number of hydrogen-bond donors (Lipinski definition) is 2. The molecule has 0 radical (unpaired) electrons. The van der Waals surface area contributed by atoms with Crippen molar-refractivity contribution in [2.45, 2.75) is 25.3 Å². The zero-order chi connectivity index (χ0) is 12.6. The standard InChI is InChI=1S/C12H12INO3/c1-7-3-2-4-8(9(7)13)10(15)14-12(5-6-12)11(16)17/h2-4H,5-6H2,1H3,(H,14,15)(H,16,17). The minimum absolute atomic E-state index is 0.307. The van der Waals surface area contributed by atoms with Gasteiger partial charge in [0.25, 0.3) is 5.91 Å². The van der Waals surface area contributed by atoms with E-state index in [1.807, 2.05) is 13.0 Å². The fraction of sp³-hybridized carbons (Fsp3) is 0.333. The first kappa shape index (κ1) is 12.3. The Balaban J connectivity index is 2.21. The number of halogens is 1. The lowest BCUT2D eigenvalue weighted by molar-refractivity contribution is -0.140. The smallest absolute Gasteiger partial charge is 0.329 e. The number of aryl methyl sites for hydroxylation is 1. The van der Waals surface area contributed by atoms with Crippen molar-refractivity contribution in [1.29, 1.82) is 0 Å². The highest BCUT2D eigenvalue weighted by Crippen LogP contribution is 2.36. The summed E-state index contributed by atoms with van der Waals surface area (Å²) in [5, 5.41) is 11.6. The maximum absolute atomic E-state index is 12.0. The van der Waals surface area contributed by atoms with Gasteiger partial charge in [0.1, 0.15) is 5.54 Å². The summed E-state index contributed by atoms with van der Waals surface area (Å²) in [5.41, 5.74) is 0.528. The Morgan fingerprint density at radius 2 is 2.06 bits per heavy atom. The molecule has 0 atom stereocenters. The Morgan fingerprint density at radius 1 is 1.41 bits per heavy atom. The molecular formula is C12H12INO3. The minimum Gasteiger partial charge on any atom is -0.480 e. The Labute approximate surface area is 113 Å². The van der Waals surface area contributed by atoms with Crippen molar-refractivity contribution in [3.8, 4) is 0 Å². The molecule has 1 aromatic carbocycles. The second-order valence-electron chi connectivity index (χ2n) is 4.28. The predicted molar refractivity (Wildman–Crippen MR) is 71.0 cm³/mol. The highest BCUT2D eigenvalue weighted by Gasteiger charge is 2.51. The zero-order valence-corrected chi connectivity index (χ0v) is 11.4. The summed E-state index contributed by atoms with van der Waals surface area (Å²) in [6.45, 7) is 1.92. The maximum Gasteiger partial charge on any atom is 0.329 e. The monoisotopic (exact) mass is 345 g/mol. The Hall–Kier alpha value is -1.11. The van der Waals surface area contributed by atoms with E-state index >= 15 is 0 Å². The first-order valence-corrected chi connectivity index (χ1v) is 6.35. The molecule has 0 unspecified atom stereocenters. The molecule has 4 nitrogen and oxygen atoms in total. The number of amides is 1. The predicted octanol–water partition coefficient (Wildman–Crippen LogP) is 1.95. The van der Waals surface area contributed by atoms with Crippen molar-refractivity contribution in [3.63, 3.8) is 0 Å². The molecule has 1 saturated carbocycles. The molecule has 17 heavy (non-hydrogen) atoms. The van der Waals surface area contributed by atoms with Crippen LogP contribution >= 0.6 is 22.6 Å². The van der Waals surface area contributed by atoms with Crippen LogP contribution in [0.2, 0.25) is 0 Å². The molecule has 5 heteroatoms. The highest BCUT2D eigenvalue weighted by atomic mass is 127. The van der Waals surface area contributed by atoms with Crippen LogP contribution in [-0.2, 0) is 4.79 Å². The number of carbonyl (C=O) groups is 2. The van der Waals surface area contributed by atoms with E-state index in [2.05, 4.69) is 27.9 Å². The molecule has 1 amide bonds. The van der Waals surface area contributed by atoms with Crippen molar-refractivity contribution in [3.05, 3.63) is 32.9 Å². The van der Waals surface area contributed by atoms with Gasteiger partial charge in [-0.15, -0.1) is 0 Å². The molecular weight excluding hydrogens is 333 g/mol. The highest BCUT2D eigenvalue weighted by molar-refractivity contribution is 14.1. The molecule has 90 valence electrons. The van der Waals surface area contributed by atoms with E-state index in [9.17, 15) is 9.59 Å². The molecule has 2 rings (SSSR count). The number of carboxylic acids is 1. The summed E-state index contributed by atoms with van der Waals surface area (Å²) < 4.78 is 0.865. The van der Waals surface area contributed by atoms with Gasteiger partial charge < -0.3 is 10.4 Å². The fourth-order valence-corrected chi connectivity index (χ4v) is 2.23. The number of benzene rings is 1. The zero-order valence-electron chi connectivity index (χ0n) is 9.29. The van der Waals surface area contributed by atoms with Crippen LogP contribution in [0.4, 0.5) is 0 Å². The van der Waals surface area contributed by atoms with Crippen molar-refractivity contribution < 1.29 is 14.7 Å². The van der Waals surface area contributed by atoms with Gasteiger partial charge in [0.15, 0.2) is 0 Å². The summed E-state index contributed by atoms with van der Waals surface area (Å²) >= 11 is 2.10. The van der Waals surface area contributed by atoms with Gasteiger partial charge in [-0.1, -0.05) is 12.1 Å². The number of carbonyl (C=O) groups excluding carboxylic acids is 1. The summed E-state index contributed by atoms with van der Waals surface area (Å²) in [4.78, 5) is 23.0. The van der Waals surface area contributed by atoms with Crippen LogP contribution in [0.25, 0.3) is 0 Å². The molecule has 1 aliphatic carbocycles. The normalized spacial score (nSPS) is 16.4. The lowest BCUT2D eigenvalue weighted by atomic mass is 10.1. The van der Waals surface area contributed by atoms with Gasteiger partial charge in [0, 0.05) is 3.57 Å². The third kappa shape index (κ3) is 2.29. The number of aliphatic carboxylic acids is 1. The number of nitrogens with one attached hydrogen (secondary N) is 1. The van der Waals surface area contributed by atoms with Crippen molar-refractivity contribution >= 4 is 34.5 Å². The van der Waals surface area contributed by atoms with Crippen molar-refractivity contribution in [2.24, 2.45) is 0 Å². The van der Waals surface area contributed by atoms with Crippen LogP contribution in [0.1, 0.15) is 28.8 Å². The SMILES string of the molecule is Cc1cccc(C(=O)NC2(C(=O)O)CC2)c1I. The van der Waals surface area contributed by atoms with Gasteiger partial charge in [0.2, 0.25) is 0 Å². The van der Waals surface area contributed by atoms with E-state index in [1.165, 1.54) is 0 Å². The first-order chi connectivity index (χ1) is 7.96. The van der Waals surface area contributed by atoms with E-state index in [-0.39, 0.29) is 5.91 Å². The Morgan fingerprint density at radius 3 is 2.59 bits per heavy atom. The average molecular weight is 345 g/mol. The molecule has 0 saturated heterocycles. The van der Waals surface area contributed by atoms with Gasteiger partial charge in [-0.05, 0) is 54.0 Å². The largest absolute Gasteiger partial charge is 0.480 e. The van der Waals surface area contributed by atoms with E-state index in [0.717, 1.165) is 9.13 Å². The molecule has 1 fully saturated rings. The summed E-state index contributed by atoms with van der Waals surface area (Å²) in [6.07, 6.45) is 1.02. The number of hydrogen-bond acceptors (Lipinski definition) is 2. The quantitative estimate of drug-likeness (QED) is 0.823. The molecule has 2 N–H and O–H groups in total. The number of carboxylic acid groups (broad SMARTS) is 1. The lowest BCUT2D eigenvalue weighted by Gasteiger charge is -2.13. The van der Waals surface area contributed by atoms with E-state index in [1.54, 1.807) is 12.1 Å². The van der Waals surface area contributed by atoms with E-state index in [4.69, 9.17) is 5.11 Å². The average Bonchev–Trinajstić information content (AvgIpc) is 3.03. The van der Waals surface area contributed by atoms with Crippen LogP contribution < -0.4 is 5.32 Å². The number of rotatable bonds is 3. The fourth-order valence-electron chi connectivity index (χ4n) is 1.62. The topological polar surface area (TPSA) is 66.4 Å². The van der Waals surface area contributed by atoms with Crippen LogP contribution in [0, 0.1) is 10.5 Å². The van der Waals surface area contributed by atoms with Crippen LogP contribution in [0.15, 0.2) is 18.2 Å². The third-order valence-electron chi connectivity index (χ3n) is 2.95. The van der Waals surface area contributed by atoms with E-state index < -0.39 is 11.5 Å². The molecule has 1 aromatic rings. The van der Waals surface area contributed by atoms with Gasteiger partial charge in [-0.3, -0.25) is 4.79 Å². The van der Waals surface area contributed by atoms with E-state index in [0.29, 0.717) is 18.4 Å². The second kappa shape index (κ2) is 4.29. The third-order valence-corrected chi connectivity index (χ3v) is 4.38. The van der Waals surface area contributed by atoms with Gasteiger partial charge in [-0.25, -0.2) is 4.79 Å². The maximum atomic E-state index is 12.0. The molecule has 0 aliphatic heterocycles. The second-order valence-corrected chi connectivity index (χ2v) is 5.36.